The van der Waals surface area contributed by atoms with Gasteiger partial charge in [-0.25, -0.2) is 9.97 Å². The Bertz CT molecular complexity index is 931. The van der Waals surface area contributed by atoms with E-state index >= 15 is 0 Å². The first-order chi connectivity index (χ1) is 13.4. The number of pyridine rings is 1. The van der Waals surface area contributed by atoms with Crippen LogP contribution >= 0.6 is 0 Å². The van der Waals surface area contributed by atoms with Crippen molar-refractivity contribution < 1.29 is 19.1 Å². The Balaban J connectivity index is 1.95. The van der Waals surface area contributed by atoms with E-state index in [1.165, 1.54) is 31.2 Å². The van der Waals surface area contributed by atoms with Gasteiger partial charge in [0.15, 0.2) is 5.66 Å². The van der Waals surface area contributed by atoms with Gasteiger partial charge in [-0.1, -0.05) is 0 Å². The number of amides is 1. The second-order valence-electron chi connectivity index (χ2n) is 6.36. The lowest BCUT2D eigenvalue weighted by atomic mass is 9.98. The molecule has 3 aromatic rings. The van der Waals surface area contributed by atoms with Crippen molar-refractivity contribution in [2.75, 3.05) is 6.61 Å². The van der Waals surface area contributed by atoms with Crippen LogP contribution in [-0.4, -0.2) is 38.7 Å². The van der Waals surface area contributed by atoms with Crippen LogP contribution in [-0.2, 0) is 5.66 Å². The number of nitrogens with one attached hydrogen (secondary N) is 1. The van der Waals surface area contributed by atoms with Crippen molar-refractivity contribution in [3.8, 4) is 5.75 Å². The Morgan fingerprint density at radius 1 is 1.39 bits per heavy atom. The van der Waals surface area contributed by atoms with Gasteiger partial charge in [0.1, 0.15) is 24.4 Å². The third-order valence-corrected chi connectivity index (χ3v) is 3.96. The zero-order chi connectivity index (χ0) is 20.1. The summed E-state index contributed by atoms with van der Waals surface area (Å²) in [6.45, 7) is 3.55. The van der Waals surface area contributed by atoms with Crippen LogP contribution in [0.25, 0.3) is 0 Å². The number of aryl methyl sites for hydroxylation is 1. The molecule has 0 fully saturated rings. The van der Waals surface area contributed by atoms with Crippen LogP contribution in [0.3, 0.4) is 0 Å². The number of hydrogen-bond acceptors (Lipinski definition) is 8. The van der Waals surface area contributed by atoms with E-state index in [0.29, 0.717) is 22.8 Å². The van der Waals surface area contributed by atoms with Crippen molar-refractivity contribution in [1.29, 1.82) is 0 Å². The molecule has 1 amide bonds. The molecule has 9 nitrogen and oxygen atoms in total. The predicted octanol–water partition coefficient (Wildman–Crippen LogP) is 1.12. The predicted molar refractivity (Wildman–Crippen MR) is 99.3 cm³/mol. The molecule has 9 heteroatoms. The molecular weight excluding hydrogens is 362 g/mol. The van der Waals surface area contributed by atoms with E-state index in [1.807, 2.05) is 0 Å². The highest BCUT2D eigenvalue weighted by Gasteiger charge is 2.38. The van der Waals surface area contributed by atoms with Crippen LogP contribution in [0.2, 0.25) is 0 Å². The lowest BCUT2D eigenvalue weighted by Crippen LogP contribution is -2.54. The standard InChI is InChI=1S/C19H21N5O4/c1-12-6-15(28-10-13(2)25)9-23-17(12)19(20,16-4-3-5-27-16)24-18(26)14-7-21-11-22-8-14/h3-9,11,13,25H,10,20H2,1-2H3,(H,24,26)/t13-,19?/m1/s1. The molecule has 1 unspecified atom stereocenters. The van der Waals surface area contributed by atoms with Crippen molar-refractivity contribution in [3.63, 3.8) is 0 Å². The summed E-state index contributed by atoms with van der Waals surface area (Å²) in [7, 11) is 0. The number of carbonyl (C=O) groups is 1. The van der Waals surface area contributed by atoms with Crippen molar-refractivity contribution >= 4 is 5.91 Å². The zero-order valence-electron chi connectivity index (χ0n) is 15.5. The number of ether oxygens (including phenoxy) is 1. The number of aromatic nitrogens is 3. The topological polar surface area (TPSA) is 136 Å². The van der Waals surface area contributed by atoms with E-state index < -0.39 is 17.7 Å². The molecule has 0 bridgehead atoms. The van der Waals surface area contributed by atoms with Crippen LogP contribution in [0.4, 0.5) is 0 Å². The molecule has 3 heterocycles. The maximum absolute atomic E-state index is 12.7. The van der Waals surface area contributed by atoms with E-state index in [9.17, 15) is 9.90 Å². The van der Waals surface area contributed by atoms with Crippen molar-refractivity contribution in [3.05, 3.63) is 72.0 Å². The summed E-state index contributed by atoms with van der Waals surface area (Å²) in [6, 6.07) is 5.05. The van der Waals surface area contributed by atoms with Gasteiger partial charge in [-0.05, 0) is 37.6 Å². The van der Waals surface area contributed by atoms with Gasteiger partial charge >= 0.3 is 0 Å². The lowest BCUT2D eigenvalue weighted by Gasteiger charge is -2.29. The molecule has 0 saturated heterocycles. The Hall–Kier alpha value is -3.30. The molecule has 0 aliphatic carbocycles. The normalized spacial score (nSPS) is 14.1. The van der Waals surface area contributed by atoms with Crippen molar-refractivity contribution in [2.45, 2.75) is 25.6 Å². The fourth-order valence-electron chi connectivity index (χ4n) is 2.67. The van der Waals surface area contributed by atoms with Crippen molar-refractivity contribution in [2.24, 2.45) is 5.73 Å². The van der Waals surface area contributed by atoms with Crippen molar-refractivity contribution in [1.82, 2.24) is 20.3 Å². The molecule has 146 valence electrons. The molecule has 0 aliphatic rings. The maximum Gasteiger partial charge on any atom is 0.256 e. The Morgan fingerprint density at radius 3 is 2.75 bits per heavy atom. The summed E-state index contributed by atoms with van der Waals surface area (Å²) in [6.07, 6.45) is 6.44. The van der Waals surface area contributed by atoms with Crippen LogP contribution in [0.1, 0.15) is 34.3 Å². The van der Waals surface area contributed by atoms with E-state index in [2.05, 4.69) is 20.3 Å². The zero-order valence-corrected chi connectivity index (χ0v) is 15.5. The summed E-state index contributed by atoms with van der Waals surface area (Å²) in [5, 5.41) is 12.1. The highest BCUT2D eigenvalue weighted by molar-refractivity contribution is 5.94. The van der Waals surface area contributed by atoms with E-state index in [1.54, 1.807) is 32.0 Å². The molecular formula is C19H21N5O4. The third kappa shape index (κ3) is 4.16. The fraction of sp³-hybridized carbons (Fsp3) is 0.263. The van der Waals surface area contributed by atoms with Gasteiger partial charge in [0, 0.05) is 12.4 Å². The number of rotatable bonds is 7. The van der Waals surface area contributed by atoms with Gasteiger partial charge in [-0.2, -0.15) is 0 Å². The average molecular weight is 383 g/mol. The second-order valence-corrected chi connectivity index (χ2v) is 6.36. The Kier molecular flexibility index (Phi) is 5.67. The monoisotopic (exact) mass is 383 g/mol. The van der Waals surface area contributed by atoms with Gasteiger partial charge in [-0.3, -0.25) is 15.5 Å². The average Bonchev–Trinajstić information content (AvgIpc) is 3.22. The number of hydrogen-bond donors (Lipinski definition) is 3. The minimum absolute atomic E-state index is 0.136. The van der Waals surface area contributed by atoms with E-state index in [-0.39, 0.29) is 12.2 Å². The summed E-state index contributed by atoms with van der Waals surface area (Å²) in [4.78, 5) is 24.8. The minimum Gasteiger partial charge on any atom is -0.489 e. The Morgan fingerprint density at radius 2 is 2.14 bits per heavy atom. The third-order valence-electron chi connectivity index (χ3n) is 3.96. The molecule has 3 rings (SSSR count). The number of aliphatic hydroxyl groups is 1. The quantitative estimate of drug-likeness (QED) is 0.516. The maximum atomic E-state index is 12.7. The first-order valence-electron chi connectivity index (χ1n) is 8.58. The second kappa shape index (κ2) is 8.15. The van der Waals surface area contributed by atoms with Gasteiger partial charge in [-0.15, -0.1) is 0 Å². The number of aliphatic hydroxyl groups excluding tert-OH is 1. The number of nitrogens with two attached hydrogens (primary N) is 1. The summed E-state index contributed by atoms with van der Waals surface area (Å²) in [5.74, 6) is 0.313. The van der Waals surface area contributed by atoms with Gasteiger partial charge < -0.3 is 19.6 Å². The van der Waals surface area contributed by atoms with Gasteiger partial charge in [0.2, 0.25) is 0 Å². The molecule has 28 heavy (non-hydrogen) atoms. The van der Waals surface area contributed by atoms with Crippen LogP contribution in [0.15, 0.2) is 53.8 Å². The highest BCUT2D eigenvalue weighted by Crippen LogP contribution is 2.28. The summed E-state index contributed by atoms with van der Waals surface area (Å²) >= 11 is 0. The van der Waals surface area contributed by atoms with Crippen LogP contribution in [0.5, 0.6) is 5.75 Å². The smallest absolute Gasteiger partial charge is 0.256 e. The Labute approximate surface area is 161 Å². The van der Waals surface area contributed by atoms with Crippen LogP contribution < -0.4 is 15.8 Å². The molecule has 2 atom stereocenters. The molecule has 0 aromatic carbocycles. The molecule has 0 spiro atoms. The van der Waals surface area contributed by atoms with Crippen LogP contribution in [0, 0.1) is 6.92 Å². The molecule has 4 N–H and O–H groups in total. The summed E-state index contributed by atoms with van der Waals surface area (Å²) < 4.78 is 11.0. The first kappa shape index (κ1) is 19.5. The lowest BCUT2D eigenvalue weighted by molar-refractivity contribution is 0.0902. The van der Waals surface area contributed by atoms with E-state index in [4.69, 9.17) is 14.9 Å². The number of nitrogens with zero attached hydrogens (tertiary/aromatic N) is 3. The highest BCUT2D eigenvalue weighted by atomic mass is 16.5. The molecule has 0 saturated carbocycles. The minimum atomic E-state index is -1.52. The number of carbonyl (C=O) groups excluding carboxylic acids is 1. The molecule has 3 aromatic heterocycles. The first-order valence-corrected chi connectivity index (χ1v) is 8.58. The van der Waals surface area contributed by atoms with Gasteiger partial charge in [0.05, 0.1) is 29.8 Å². The molecule has 0 radical (unpaired) electrons. The van der Waals surface area contributed by atoms with E-state index in [0.717, 1.165) is 0 Å². The van der Waals surface area contributed by atoms with Gasteiger partial charge in [0.25, 0.3) is 5.91 Å². The molecule has 0 aliphatic heterocycles. The summed E-state index contributed by atoms with van der Waals surface area (Å²) in [5.41, 5.74) is 6.37. The number of furan rings is 1. The SMILES string of the molecule is Cc1cc(OC[C@@H](C)O)cnc1C(N)(NC(=O)c1cncnc1)c1ccco1. The largest absolute Gasteiger partial charge is 0.489 e. The fourth-order valence-corrected chi connectivity index (χ4v) is 2.67.